The van der Waals surface area contributed by atoms with E-state index in [1.807, 2.05) is 18.7 Å². The lowest BCUT2D eigenvalue weighted by Crippen LogP contribution is -2.50. The summed E-state index contributed by atoms with van der Waals surface area (Å²) >= 11 is 5.57. The second-order valence-electron chi connectivity index (χ2n) is 7.00. The van der Waals surface area contributed by atoms with Crippen molar-refractivity contribution in [1.82, 2.24) is 4.90 Å². The van der Waals surface area contributed by atoms with Gasteiger partial charge in [0.1, 0.15) is 0 Å². The lowest BCUT2D eigenvalue weighted by molar-refractivity contribution is -0.138. The van der Waals surface area contributed by atoms with Crippen LogP contribution in [-0.2, 0) is 4.79 Å². The van der Waals surface area contributed by atoms with Gasteiger partial charge in [-0.15, -0.1) is 0 Å². The van der Waals surface area contributed by atoms with Crippen LogP contribution in [0.4, 0.5) is 0 Å². The van der Waals surface area contributed by atoms with E-state index in [0.717, 1.165) is 24.4 Å². The lowest BCUT2D eigenvalue weighted by atomic mass is 9.75. The quantitative estimate of drug-likeness (QED) is 0.730. The Morgan fingerprint density at radius 1 is 1.22 bits per heavy atom. The van der Waals surface area contributed by atoms with Crippen LogP contribution < -0.4 is 0 Å². The highest BCUT2D eigenvalue weighted by Crippen LogP contribution is 2.34. The number of likely N-dealkylation sites (tertiary alicyclic amines) is 1. The molecule has 0 aromatic heterocycles. The molecule has 0 spiro atoms. The molecule has 0 N–H and O–H groups in total. The van der Waals surface area contributed by atoms with Gasteiger partial charge in [0, 0.05) is 29.8 Å². The summed E-state index contributed by atoms with van der Waals surface area (Å²) in [7, 11) is 0. The molecule has 1 heterocycles. The molecule has 1 fully saturated rings. The van der Waals surface area contributed by atoms with E-state index < -0.39 is 0 Å². The summed E-state index contributed by atoms with van der Waals surface area (Å²) < 4.78 is 0. The Morgan fingerprint density at radius 3 is 2.22 bits per heavy atom. The third-order valence-corrected chi connectivity index (χ3v) is 4.44. The van der Waals surface area contributed by atoms with Crippen molar-refractivity contribution < 1.29 is 4.79 Å². The average Bonchev–Trinajstić information content (AvgIpc) is 2.24. The van der Waals surface area contributed by atoms with Gasteiger partial charge in [0.2, 0.25) is 5.91 Å². The molecule has 104 valence electrons. The molecule has 2 nitrogen and oxygen atoms in total. The highest BCUT2D eigenvalue weighted by molar-refractivity contribution is 7.80. The molecule has 0 radical (unpaired) electrons. The molecule has 1 saturated heterocycles. The molecular weight excluding hydrogens is 242 g/mol. The zero-order valence-electron chi connectivity index (χ0n) is 12.6. The summed E-state index contributed by atoms with van der Waals surface area (Å²) in [5.41, 5.74) is 0.173. The van der Waals surface area contributed by atoms with E-state index in [9.17, 15) is 4.79 Å². The van der Waals surface area contributed by atoms with Crippen LogP contribution in [-0.4, -0.2) is 28.8 Å². The fraction of sp³-hybridized carbons (Fsp3) is 0.867. The number of thiocarbonyl (C=S) groups is 1. The number of hydrogen-bond donors (Lipinski definition) is 0. The van der Waals surface area contributed by atoms with Crippen LogP contribution in [0.15, 0.2) is 0 Å². The second-order valence-corrected chi connectivity index (χ2v) is 7.47. The van der Waals surface area contributed by atoms with Gasteiger partial charge in [-0.1, -0.05) is 53.8 Å². The first-order chi connectivity index (χ1) is 8.14. The van der Waals surface area contributed by atoms with E-state index in [1.165, 1.54) is 0 Å². The molecule has 0 aromatic carbocycles. The van der Waals surface area contributed by atoms with Gasteiger partial charge >= 0.3 is 0 Å². The van der Waals surface area contributed by atoms with Crippen molar-refractivity contribution in [2.45, 2.75) is 48.0 Å². The van der Waals surface area contributed by atoms with Crippen molar-refractivity contribution in [3.05, 3.63) is 0 Å². The molecule has 1 atom stereocenters. The summed E-state index contributed by atoms with van der Waals surface area (Å²) in [5, 5.41) is 0. The van der Waals surface area contributed by atoms with E-state index in [4.69, 9.17) is 12.2 Å². The molecule has 3 heteroatoms. The second kappa shape index (κ2) is 5.68. The molecule has 0 saturated carbocycles. The van der Waals surface area contributed by atoms with Gasteiger partial charge in [-0.3, -0.25) is 4.79 Å². The number of piperidine rings is 1. The van der Waals surface area contributed by atoms with Crippen molar-refractivity contribution in [3.63, 3.8) is 0 Å². The molecule has 1 aliphatic rings. The van der Waals surface area contributed by atoms with Crippen molar-refractivity contribution in [3.8, 4) is 0 Å². The molecule has 18 heavy (non-hydrogen) atoms. The minimum Gasteiger partial charge on any atom is -0.341 e. The first-order valence-electron chi connectivity index (χ1n) is 6.96. The molecular formula is C15H27NOS. The van der Waals surface area contributed by atoms with Gasteiger partial charge < -0.3 is 4.90 Å². The summed E-state index contributed by atoms with van der Waals surface area (Å²) in [6.07, 6.45) is 1.10. The molecule has 0 aromatic rings. The maximum absolute atomic E-state index is 12.2. The third kappa shape index (κ3) is 3.78. The van der Waals surface area contributed by atoms with Gasteiger partial charge in [0.15, 0.2) is 0 Å². The van der Waals surface area contributed by atoms with Crippen molar-refractivity contribution in [2.24, 2.45) is 23.2 Å². The lowest BCUT2D eigenvalue weighted by Gasteiger charge is -2.44. The van der Waals surface area contributed by atoms with Gasteiger partial charge in [-0.05, 0) is 17.8 Å². The number of nitrogens with zero attached hydrogens (tertiary/aromatic N) is 1. The zero-order chi connectivity index (χ0) is 14.1. The number of carbonyl (C=O) groups is 1. The number of carbonyl (C=O) groups excluding carboxylic acids is 1. The van der Waals surface area contributed by atoms with Crippen molar-refractivity contribution >= 4 is 23.0 Å². The predicted octanol–water partition coefficient (Wildman–Crippen LogP) is 3.54. The van der Waals surface area contributed by atoms with Crippen LogP contribution in [0.5, 0.6) is 0 Å². The molecule has 0 aliphatic carbocycles. The molecule has 1 rings (SSSR count). The Kier molecular flexibility index (Phi) is 4.93. The smallest absolute Gasteiger partial charge is 0.225 e. The largest absolute Gasteiger partial charge is 0.341 e. The monoisotopic (exact) mass is 269 g/mol. The molecule has 0 bridgehead atoms. The topological polar surface area (TPSA) is 20.3 Å². The third-order valence-electron chi connectivity index (χ3n) is 3.64. The van der Waals surface area contributed by atoms with Crippen LogP contribution >= 0.6 is 12.2 Å². The molecule has 1 amide bonds. The van der Waals surface area contributed by atoms with E-state index >= 15 is 0 Å². The summed E-state index contributed by atoms with van der Waals surface area (Å²) in [5.74, 6) is 1.15. The molecule has 1 unspecified atom stereocenters. The minimum atomic E-state index is 0.0761. The first kappa shape index (κ1) is 15.6. The SMILES string of the molecule is CC(C)C(=O)N1CC(C(=S)C(C)C)CC(C)(C)C1. The Morgan fingerprint density at radius 2 is 1.78 bits per heavy atom. The van der Waals surface area contributed by atoms with Gasteiger partial charge in [-0.25, -0.2) is 0 Å². The van der Waals surface area contributed by atoms with Crippen LogP contribution in [0.25, 0.3) is 0 Å². The summed E-state index contributed by atoms with van der Waals surface area (Å²) in [6, 6.07) is 0. The van der Waals surface area contributed by atoms with Crippen molar-refractivity contribution in [1.29, 1.82) is 0 Å². The Bertz CT molecular complexity index is 303. The Balaban J connectivity index is 2.85. The zero-order valence-corrected chi connectivity index (χ0v) is 13.4. The van der Waals surface area contributed by atoms with Crippen molar-refractivity contribution in [2.75, 3.05) is 13.1 Å². The van der Waals surface area contributed by atoms with E-state index in [0.29, 0.717) is 11.8 Å². The fourth-order valence-electron chi connectivity index (χ4n) is 2.84. The number of rotatable bonds is 3. The maximum atomic E-state index is 12.2. The van der Waals surface area contributed by atoms with E-state index in [2.05, 4.69) is 27.7 Å². The highest BCUT2D eigenvalue weighted by atomic mass is 32.1. The van der Waals surface area contributed by atoms with Gasteiger partial charge in [-0.2, -0.15) is 0 Å². The first-order valence-corrected chi connectivity index (χ1v) is 7.37. The maximum Gasteiger partial charge on any atom is 0.225 e. The fourth-order valence-corrected chi connectivity index (χ4v) is 3.00. The average molecular weight is 269 g/mol. The van der Waals surface area contributed by atoms with Crippen LogP contribution in [0.1, 0.15) is 48.0 Å². The molecule has 1 aliphatic heterocycles. The predicted molar refractivity (Wildman–Crippen MR) is 80.7 cm³/mol. The number of hydrogen-bond acceptors (Lipinski definition) is 2. The number of amides is 1. The standard InChI is InChI=1S/C15H27NOS/c1-10(2)13(18)12-7-15(5,6)9-16(8-12)14(17)11(3)4/h10-12H,7-9H2,1-6H3. The van der Waals surface area contributed by atoms with E-state index in [1.54, 1.807) is 0 Å². The summed E-state index contributed by atoms with van der Waals surface area (Å²) in [4.78, 5) is 15.4. The Labute approximate surface area is 117 Å². The van der Waals surface area contributed by atoms with E-state index in [-0.39, 0.29) is 17.2 Å². The van der Waals surface area contributed by atoms with Crippen LogP contribution in [0, 0.1) is 23.2 Å². The summed E-state index contributed by atoms with van der Waals surface area (Å²) in [6.45, 7) is 14.4. The minimum absolute atomic E-state index is 0.0761. The highest BCUT2D eigenvalue weighted by Gasteiger charge is 2.37. The normalized spacial score (nSPS) is 23.6. The van der Waals surface area contributed by atoms with Gasteiger partial charge in [0.05, 0.1) is 0 Å². The Hall–Kier alpha value is -0.440. The van der Waals surface area contributed by atoms with Gasteiger partial charge in [0.25, 0.3) is 0 Å². The van der Waals surface area contributed by atoms with Crippen LogP contribution in [0.3, 0.4) is 0 Å². The van der Waals surface area contributed by atoms with Crippen LogP contribution in [0.2, 0.25) is 0 Å².